The minimum Gasteiger partial charge on any atom is -0.267 e. The van der Waals surface area contributed by atoms with E-state index in [0.717, 1.165) is 77.5 Å². The fourth-order valence-corrected chi connectivity index (χ4v) is 10.2. The number of hydrogen-bond donors (Lipinski definition) is 0. The Bertz CT molecular complexity index is 944. The molecule has 0 atom stereocenters. The third-order valence-electron chi connectivity index (χ3n) is 7.13. The molecule has 34 heavy (non-hydrogen) atoms. The third kappa shape index (κ3) is 5.45. The molecule has 2 aliphatic rings. The number of rotatable bonds is 10. The number of nitriles is 2. The van der Waals surface area contributed by atoms with Gasteiger partial charge in [0.15, 0.2) is 0 Å². The molecule has 0 radical (unpaired) electrons. The minimum absolute atomic E-state index is 0.00665. The summed E-state index contributed by atoms with van der Waals surface area (Å²) in [5.41, 5.74) is 0.673. The van der Waals surface area contributed by atoms with E-state index in [2.05, 4.69) is 58.9 Å². The summed E-state index contributed by atoms with van der Waals surface area (Å²) >= 11 is 0. The van der Waals surface area contributed by atoms with E-state index in [1.807, 2.05) is 0 Å². The molecule has 0 aliphatic heterocycles. The molecule has 0 aromatic rings. The van der Waals surface area contributed by atoms with Crippen LogP contribution in [0.25, 0.3) is 9.69 Å². The number of allylic oxidation sites excluding steroid dienone is 4. The van der Waals surface area contributed by atoms with Gasteiger partial charge in [0, 0.05) is 31.5 Å². The van der Waals surface area contributed by atoms with Crippen LogP contribution in [0.3, 0.4) is 0 Å². The molecule has 0 amide bonds. The van der Waals surface area contributed by atoms with E-state index >= 15 is 0 Å². The highest BCUT2D eigenvalue weighted by Gasteiger charge is 2.43. The molecular formula is C26H38N7P. The van der Waals surface area contributed by atoms with Crippen LogP contribution in [-0.2, 0) is 0 Å². The Labute approximate surface area is 206 Å². The number of nitrogens with zero attached hydrogens (tertiary/aromatic N) is 7. The van der Waals surface area contributed by atoms with Crippen molar-refractivity contribution in [1.82, 2.24) is 9.34 Å². The standard InChI is InChI=1S/C26H38N7P/c1-7-32(8-2)34(33(9-3)10-4,31-22-17-13-14-18-22)26(24(20-28)30-6)25(23(19-27)29-5)21-15-11-12-16-21/h21-22H,7-18H2,1-4H3/b25-23+,26-24+. The Kier molecular flexibility index (Phi) is 11.0. The molecule has 0 bridgehead atoms. The van der Waals surface area contributed by atoms with Gasteiger partial charge in [-0.15, -0.1) is 0 Å². The second-order valence-electron chi connectivity index (χ2n) is 8.79. The summed E-state index contributed by atoms with van der Waals surface area (Å²) in [4.78, 5) is 7.38. The molecule has 8 heteroatoms. The zero-order chi connectivity index (χ0) is 25.1. The fourth-order valence-electron chi connectivity index (χ4n) is 5.57. The molecule has 2 saturated carbocycles. The predicted molar refractivity (Wildman–Crippen MR) is 138 cm³/mol. The van der Waals surface area contributed by atoms with Gasteiger partial charge in [-0.25, -0.2) is 20.2 Å². The highest BCUT2D eigenvalue weighted by Crippen LogP contribution is 2.68. The summed E-state index contributed by atoms with van der Waals surface area (Å²) < 4.78 is 10.3. The second kappa shape index (κ2) is 13.5. The van der Waals surface area contributed by atoms with Gasteiger partial charge in [-0.05, 0) is 37.2 Å². The summed E-state index contributed by atoms with van der Waals surface area (Å²) in [5.74, 6) is 0.00753. The van der Waals surface area contributed by atoms with Crippen LogP contribution in [0.2, 0.25) is 0 Å². The van der Waals surface area contributed by atoms with Gasteiger partial charge in [0.25, 0.3) is 11.4 Å². The van der Waals surface area contributed by atoms with E-state index < -0.39 is 7.36 Å². The molecule has 0 heterocycles. The summed E-state index contributed by atoms with van der Waals surface area (Å²) in [6.45, 7) is 27.1. The Morgan fingerprint density at radius 2 is 1.26 bits per heavy atom. The van der Waals surface area contributed by atoms with Crippen LogP contribution >= 0.6 is 7.36 Å². The molecular weight excluding hydrogens is 441 g/mol. The molecule has 0 N–H and O–H groups in total. The van der Waals surface area contributed by atoms with Crippen LogP contribution in [0, 0.1) is 41.7 Å². The van der Waals surface area contributed by atoms with Crippen molar-refractivity contribution in [3.63, 3.8) is 0 Å². The Morgan fingerprint density at radius 3 is 1.65 bits per heavy atom. The molecule has 0 aromatic carbocycles. The maximum atomic E-state index is 10.2. The fraction of sp³-hybridized carbons (Fsp3) is 0.692. The van der Waals surface area contributed by atoms with Crippen molar-refractivity contribution in [2.75, 3.05) is 26.2 Å². The third-order valence-corrected chi connectivity index (χ3v) is 11.5. The van der Waals surface area contributed by atoms with E-state index in [4.69, 9.17) is 17.9 Å². The first-order valence-electron chi connectivity index (χ1n) is 12.7. The highest BCUT2D eigenvalue weighted by atomic mass is 31.2. The second-order valence-corrected chi connectivity index (χ2v) is 11.7. The van der Waals surface area contributed by atoms with Crippen LogP contribution in [0.1, 0.15) is 79.1 Å². The van der Waals surface area contributed by atoms with Crippen molar-refractivity contribution < 1.29 is 0 Å². The monoisotopic (exact) mass is 479 g/mol. The van der Waals surface area contributed by atoms with E-state index in [9.17, 15) is 10.5 Å². The van der Waals surface area contributed by atoms with Gasteiger partial charge in [-0.3, -0.25) is 14.1 Å². The molecule has 182 valence electrons. The molecule has 0 unspecified atom stereocenters. The van der Waals surface area contributed by atoms with Gasteiger partial charge in [-0.2, -0.15) is 0 Å². The topological polar surface area (TPSA) is 75.1 Å². The lowest BCUT2D eigenvalue weighted by atomic mass is 9.94. The normalized spacial score (nSPS) is 18.6. The van der Waals surface area contributed by atoms with E-state index in [0.29, 0.717) is 10.9 Å². The lowest BCUT2D eigenvalue weighted by molar-refractivity contribution is 0.413. The summed E-state index contributed by atoms with van der Waals surface area (Å²) in [6.07, 6.45) is 8.08. The van der Waals surface area contributed by atoms with Crippen LogP contribution < -0.4 is 0 Å². The molecule has 0 aromatic heterocycles. The van der Waals surface area contributed by atoms with Crippen molar-refractivity contribution in [2.24, 2.45) is 10.7 Å². The van der Waals surface area contributed by atoms with Crippen LogP contribution in [0.4, 0.5) is 0 Å². The Hall–Kier alpha value is -2.41. The first-order chi connectivity index (χ1) is 16.5. The first-order valence-corrected chi connectivity index (χ1v) is 14.3. The van der Waals surface area contributed by atoms with Crippen molar-refractivity contribution in [1.29, 1.82) is 10.5 Å². The van der Waals surface area contributed by atoms with Gasteiger partial charge in [-0.1, -0.05) is 53.4 Å². The average Bonchev–Trinajstić information content (AvgIpc) is 3.57. The maximum absolute atomic E-state index is 10.2. The predicted octanol–water partition coefficient (Wildman–Crippen LogP) is 7.19. The smallest absolute Gasteiger partial charge is 0.267 e. The SMILES string of the molecule is [C-]#[N+]/C(C#N)=C(/C(=C(/C#N)[N+]#[C-])P(=NC1CCCC1)(N(CC)CC)N(CC)CC)C1CCCC1. The number of hydrogen-bond acceptors (Lipinski definition) is 3. The van der Waals surface area contributed by atoms with Crippen LogP contribution in [0.15, 0.2) is 27.0 Å². The van der Waals surface area contributed by atoms with Gasteiger partial charge in [0.2, 0.25) is 0 Å². The van der Waals surface area contributed by atoms with E-state index in [1.165, 1.54) is 0 Å². The quantitative estimate of drug-likeness (QED) is 0.144. The first kappa shape index (κ1) is 27.8. The Balaban J connectivity index is 3.16. The summed E-state index contributed by atoms with van der Waals surface area (Å²) in [7, 11) is -2.77. The zero-order valence-corrected chi connectivity index (χ0v) is 22.1. The molecule has 0 saturated heterocycles. The molecule has 2 rings (SSSR count). The van der Waals surface area contributed by atoms with E-state index in [-0.39, 0.29) is 23.4 Å². The van der Waals surface area contributed by atoms with Gasteiger partial charge < -0.3 is 0 Å². The van der Waals surface area contributed by atoms with Gasteiger partial charge in [0.1, 0.15) is 7.36 Å². The molecule has 2 aliphatic carbocycles. The highest BCUT2D eigenvalue weighted by molar-refractivity contribution is 7.66. The average molecular weight is 480 g/mol. The minimum atomic E-state index is -2.77. The van der Waals surface area contributed by atoms with Gasteiger partial charge in [0.05, 0.1) is 31.3 Å². The zero-order valence-electron chi connectivity index (χ0n) is 21.2. The molecule has 7 nitrogen and oxygen atoms in total. The van der Waals surface area contributed by atoms with Crippen molar-refractivity contribution in [2.45, 2.75) is 85.1 Å². The van der Waals surface area contributed by atoms with Crippen molar-refractivity contribution >= 4 is 7.36 Å². The summed E-state index contributed by atoms with van der Waals surface area (Å²) in [6, 6.07) is 4.50. The Morgan fingerprint density at radius 1 is 0.824 bits per heavy atom. The van der Waals surface area contributed by atoms with E-state index in [1.54, 1.807) is 0 Å². The largest absolute Gasteiger partial charge is 0.272 e. The van der Waals surface area contributed by atoms with Crippen LogP contribution in [-0.4, -0.2) is 41.6 Å². The summed E-state index contributed by atoms with van der Waals surface area (Å²) in [5, 5.41) is 20.9. The maximum Gasteiger partial charge on any atom is 0.272 e. The molecule has 2 fully saturated rings. The molecule has 0 spiro atoms. The van der Waals surface area contributed by atoms with Crippen molar-refractivity contribution in [3.05, 3.63) is 45.1 Å². The van der Waals surface area contributed by atoms with Crippen LogP contribution in [0.5, 0.6) is 0 Å². The lowest BCUT2D eigenvalue weighted by Gasteiger charge is -2.46. The van der Waals surface area contributed by atoms with Crippen molar-refractivity contribution in [3.8, 4) is 12.1 Å². The lowest BCUT2D eigenvalue weighted by Crippen LogP contribution is -2.35. The van der Waals surface area contributed by atoms with Gasteiger partial charge >= 0.3 is 0 Å².